The van der Waals surface area contributed by atoms with E-state index in [0.717, 1.165) is 48.4 Å². The molecule has 1 aromatic carbocycles. The second kappa shape index (κ2) is 8.78. The van der Waals surface area contributed by atoms with Crippen molar-refractivity contribution in [3.05, 3.63) is 35.5 Å². The van der Waals surface area contributed by atoms with Crippen LogP contribution in [0.1, 0.15) is 39.5 Å². The predicted molar refractivity (Wildman–Crippen MR) is 103 cm³/mol. The zero-order valence-electron chi connectivity index (χ0n) is 14.6. The van der Waals surface area contributed by atoms with Crippen molar-refractivity contribution in [3.8, 4) is 16.9 Å². The number of nitrogen functional groups attached to an aromatic ring is 1. The summed E-state index contributed by atoms with van der Waals surface area (Å²) in [6.45, 7) is 4.38. The molecular formula is C19H26ClN3O. The molecule has 0 saturated carbocycles. The normalized spacial score (nSPS) is 10.9. The Morgan fingerprint density at radius 3 is 2.46 bits per heavy atom. The first-order valence-corrected chi connectivity index (χ1v) is 8.83. The number of aromatic nitrogens is 1. The molecule has 0 aliphatic heterocycles. The summed E-state index contributed by atoms with van der Waals surface area (Å²) in [6.07, 6.45) is 6.22. The maximum Gasteiger partial charge on any atom is 0.150 e. The highest BCUT2D eigenvalue weighted by Gasteiger charge is 2.14. The quantitative estimate of drug-likeness (QED) is 0.673. The molecule has 0 saturated heterocycles. The molecule has 130 valence electrons. The fourth-order valence-corrected chi connectivity index (χ4v) is 3.12. The first kappa shape index (κ1) is 18.4. The first-order chi connectivity index (χ1) is 11.6. The number of halogens is 1. The van der Waals surface area contributed by atoms with Crippen LogP contribution in [0, 0.1) is 0 Å². The van der Waals surface area contributed by atoms with E-state index < -0.39 is 0 Å². The van der Waals surface area contributed by atoms with E-state index in [1.165, 1.54) is 0 Å². The van der Waals surface area contributed by atoms with Gasteiger partial charge in [-0.2, -0.15) is 0 Å². The number of hydrogen-bond acceptors (Lipinski definition) is 4. The highest BCUT2D eigenvalue weighted by Crippen LogP contribution is 2.36. The average Bonchev–Trinajstić information content (AvgIpc) is 2.57. The number of nitrogens with zero attached hydrogens (tertiary/aromatic N) is 1. The number of nitrogens with one attached hydrogen (secondary N) is 1. The van der Waals surface area contributed by atoms with Gasteiger partial charge in [-0.3, -0.25) is 0 Å². The molecule has 0 bridgehead atoms. The molecule has 0 spiro atoms. The van der Waals surface area contributed by atoms with Crippen LogP contribution in [-0.2, 0) is 0 Å². The Kier molecular flexibility index (Phi) is 6.73. The monoisotopic (exact) mass is 347 g/mol. The first-order valence-electron chi connectivity index (χ1n) is 8.45. The van der Waals surface area contributed by atoms with E-state index in [9.17, 15) is 0 Å². The Balaban J connectivity index is 2.33. The Morgan fingerprint density at radius 2 is 1.88 bits per heavy atom. The smallest absolute Gasteiger partial charge is 0.150 e. The topological polar surface area (TPSA) is 60.2 Å². The van der Waals surface area contributed by atoms with E-state index in [1.54, 1.807) is 19.4 Å². The molecule has 3 N–H and O–H groups in total. The van der Waals surface area contributed by atoms with E-state index in [4.69, 9.17) is 22.1 Å². The van der Waals surface area contributed by atoms with Gasteiger partial charge in [0.1, 0.15) is 11.6 Å². The molecule has 1 heterocycles. The molecule has 0 amide bonds. The van der Waals surface area contributed by atoms with E-state index in [-0.39, 0.29) is 0 Å². The molecule has 0 radical (unpaired) electrons. The molecule has 0 unspecified atom stereocenters. The van der Waals surface area contributed by atoms with E-state index in [0.29, 0.717) is 16.8 Å². The second-order valence-corrected chi connectivity index (χ2v) is 6.29. The fourth-order valence-electron chi connectivity index (χ4n) is 2.84. The van der Waals surface area contributed by atoms with E-state index >= 15 is 0 Å². The third-order valence-corrected chi connectivity index (χ3v) is 4.38. The van der Waals surface area contributed by atoms with Gasteiger partial charge < -0.3 is 15.8 Å². The summed E-state index contributed by atoms with van der Waals surface area (Å²) in [7, 11) is 1.62. The highest BCUT2D eigenvalue weighted by atomic mass is 35.5. The van der Waals surface area contributed by atoms with Crippen molar-refractivity contribution in [2.75, 3.05) is 18.2 Å². The predicted octanol–water partition coefficient (Wildman–Crippen LogP) is 5.37. The van der Waals surface area contributed by atoms with Crippen LogP contribution in [0.15, 0.2) is 30.5 Å². The number of pyridine rings is 1. The molecule has 4 nitrogen and oxygen atoms in total. The van der Waals surface area contributed by atoms with Gasteiger partial charge in [0, 0.05) is 23.4 Å². The molecule has 0 aliphatic carbocycles. The average molecular weight is 348 g/mol. The van der Waals surface area contributed by atoms with Crippen LogP contribution < -0.4 is 15.8 Å². The van der Waals surface area contributed by atoms with Gasteiger partial charge in [-0.05, 0) is 37.1 Å². The van der Waals surface area contributed by atoms with Crippen molar-refractivity contribution in [1.82, 2.24) is 4.98 Å². The van der Waals surface area contributed by atoms with Gasteiger partial charge in [-0.1, -0.05) is 38.3 Å². The standard InChI is InChI=1S/C19H26ClN3O/c1-4-6-13(7-5-2)23-19-18(21)16(10-11-22-19)15-9-8-14(24-3)12-17(15)20/h8-13H,4-7,21H2,1-3H3,(H,22,23). The minimum Gasteiger partial charge on any atom is -0.497 e. The van der Waals surface area contributed by atoms with Crippen LogP contribution in [0.2, 0.25) is 5.02 Å². The fraction of sp³-hybridized carbons (Fsp3) is 0.421. The third kappa shape index (κ3) is 4.32. The number of ether oxygens (including phenoxy) is 1. The number of methoxy groups -OCH3 is 1. The highest BCUT2D eigenvalue weighted by molar-refractivity contribution is 6.33. The lowest BCUT2D eigenvalue weighted by atomic mass is 10.0. The van der Waals surface area contributed by atoms with Crippen molar-refractivity contribution >= 4 is 23.1 Å². The van der Waals surface area contributed by atoms with Gasteiger partial charge in [0.05, 0.1) is 17.8 Å². The Hall–Kier alpha value is -1.94. The van der Waals surface area contributed by atoms with Crippen LogP contribution in [0.25, 0.3) is 11.1 Å². The molecule has 2 rings (SSSR count). The summed E-state index contributed by atoms with van der Waals surface area (Å²) < 4.78 is 5.21. The van der Waals surface area contributed by atoms with Gasteiger partial charge in [0.15, 0.2) is 0 Å². The summed E-state index contributed by atoms with van der Waals surface area (Å²) in [5.74, 6) is 1.45. The van der Waals surface area contributed by atoms with Crippen molar-refractivity contribution < 1.29 is 4.74 Å². The molecule has 1 aromatic heterocycles. The van der Waals surface area contributed by atoms with Gasteiger partial charge in [0.2, 0.25) is 0 Å². The lowest BCUT2D eigenvalue weighted by Crippen LogP contribution is -2.20. The van der Waals surface area contributed by atoms with Crippen molar-refractivity contribution in [3.63, 3.8) is 0 Å². The van der Waals surface area contributed by atoms with Crippen LogP contribution in [0.4, 0.5) is 11.5 Å². The molecule has 2 aromatic rings. The van der Waals surface area contributed by atoms with Gasteiger partial charge >= 0.3 is 0 Å². The zero-order chi connectivity index (χ0) is 17.5. The second-order valence-electron chi connectivity index (χ2n) is 5.89. The van der Waals surface area contributed by atoms with Crippen LogP contribution in [0.5, 0.6) is 5.75 Å². The summed E-state index contributed by atoms with van der Waals surface area (Å²) in [6, 6.07) is 7.87. The number of hydrogen-bond donors (Lipinski definition) is 2. The number of anilines is 2. The van der Waals surface area contributed by atoms with Crippen molar-refractivity contribution in [1.29, 1.82) is 0 Å². The summed E-state index contributed by atoms with van der Waals surface area (Å²) in [5.41, 5.74) is 8.77. The zero-order valence-corrected chi connectivity index (χ0v) is 15.4. The molecular weight excluding hydrogens is 322 g/mol. The third-order valence-electron chi connectivity index (χ3n) is 4.07. The maximum atomic E-state index is 6.40. The van der Waals surface area contributed by atoms with E-state index in [1.807, 2.05) is 18.2 Å². The Bertz CT molecular complexity index is 670. The minimum atomic E-state index is 0.386. The van der Waals surface area contributed by atoms with Crippen molar-refractivity contribution in [2.45, 2.75) is 45.6 Å². The molecule has 5 heteroatoms. The molecule has 0 aliphatic rings. The van der Waals surface area contributed by atoms with Crippen LogP contribution in [-0.4, -0.2) is 18.1 Å². The SMILES string of the molecule is CCCC(CCC)Nc1nccc(-c2ccc(OC)cc2Cl)c1N. The summed E-state index contributed by atoms with van der Waals surface area (Å²) >= 11 is 6.40. The van der Waals surface area contributed by atoms with Gasteiger partial charge in [0.25, 0.3) is 0 Å². The molecule has 0 atom stereocenters. The molecule has 0 fully saturated rings. The summed E-state index contributed by atoms with van der Waals surface area (Å²) in [4.78, 5) is 4.43. The van der Waals surface area contributed by atoms with Gasteiger partial charge in [-0.25, -0.2) is 4.98 Å². The minimum absolute atomic E-state index is 0.386. The molecule has 24 heavy (non-hydrogen) atoms. The van der Waals surface area contributed by atoms with E-state index in [2.05, 4.69) is 24.1 Å². The number of benzene rings is 1. The lowest BCUT2D eigenvalue weighted by molar-refractivity contribution is 0.415. The number of rotatable bonds is 8. The van der Waals surface area contributed by atoms with Crippen LogP contribution in [0.3, 0.4) is 0 Å². The number of nitrogens with two attached hydrogens (primary N) is 1. The van der Waals surface area contributed by atoms with Gasteiger partial charge in [-0.15, -0.1) is 0 Å². The Labute approximate surface area is 149 Å². The maximum absolute atomic E-state index is 6.40. The van der Waals surface area contributed by atoms with Crippen LogP contribution >= 0.6 is 11.6 Å². The lowest BCUT2D eigenvalue weighted by Gasteiger charge is -2.20. The summed E-state index contributed by atoms with van der Waals surface area (Å²) in [5, 5.41) is 4.11. The van der Waals surface area contributed by atoms with Crippen molar-refractivity contribution in [2.24, 2.45) is 0 Å². The Morgan fingerprint density at radius 1 is 1.17 bits per heavy atom. The largest absolute Gasteiger partial charge is 0.497 e.